The van der Waals surface area contributed by atoms with Gasteiger partial charge in [-0.25, -0.2) is 0 Å². The summed E-state index contributed by atoms with van der Waals surface area (Å²) in [6.45, 7) is 5.18. The quantitative estimate of drug-likeness (QED) is 0.682. The van der Waals surface area contributed by atoms with Gasteiger partial charge in [-0.3, -0.25) is 5.10 Å². The number of aromatic nitrogens is 2. The lowest BCUT2D eigenvalue weighted by atomic mass is 9.96. The van der Waals surface area contributed by atoms with Crippen LogP contribution in [0.2, 0.25) is 0 Å². The smallest absolute Gasteiger partial charge is 0.161 e. The zero-order chi connectivity index (χ0) is 19.7. The maximum absolute atomic E-state index is 10.7. The molecule has 6 heteroatoms. The fourth-order valence-electron chi connectivity index (χ4n) is 3.63. The summed E-state index contributed by atoms with van der Waals surface area (Å²) >= 11 is 0. The molecular weight excluding hydrogens is 356 g/mol. The summed E-state index contributed by atoms with van der Waals surface area (Å²) in [6.07, 6.45) is 1.84. The second kappa shape index (κ2) is 7.46. The number of ether oxygens (including phenoxy) is 3. The molecule has 1 aliphatic heterocycles. The highest BCUT2D eigenvalue weighted by Crippen LogP contribution is 2.42. The van der Waals surface area contributed by atoms with Crippen molar-refractivity contribution in [3.05, 3.63) is 41.6 Å². The van der Waals surface area contributed by atoms with E-state index in [9.17, 15) is 5.11 Å². The third-order valence-electron chi connectivity index (χ3n) is 4.95. The Bertz CT molecular complexity index is 1010. The van der Waals surface area contributed by atoms with Crippen LogP contribution in [0.25, 0.3) is 22.4 Å². The van der Waals surface area contributed by atoms with E-state index in [2.05, 4.69) is 17.1 Å². The minimum atomic E-state index is 0.141. The van der Waals surface area contributed by atoms with Crippen LogP contribution in [0.1, 0.15) is 24.6 Å². The Hall–Kier alpha value is -3.15. The van der Waals surface area contributed by atoms with E-state index < -0.39 is 0 Å². The van der Waals surface area contributed by atoms with E-state index in [1.807, 2.05) is 31.2 Å². The van der Waals surface area contributed by atoms with Gasteiger partial charge in [0.1, 0.15) is 30.4 Å². The monoisotopic (exact) mass is 380 g/mol. The van der Waals surface area contributed by atoms with Crippen LogP contribution in [0, 0.1) is 6.92 Å². The lowest BCUT2D eigenvalue weighted by molar-refractivity contribution is 0.171. The van der Waals surface area contributed by atoms with Gasteiger partial charge in [0.05, 0.1) is 7.11 Å². The average Bonchev–Trinajstić information content (AvgIpc) is 3.10. The number of hydrogen-bond acceptors (Lipinski definition) is 5. The third kappa shape index (κ3) is 3.15. The first kappa shape index (κ1) is 18.2. The topological polar surface area (TPSA) is 76.6 Å². The molecule has 0 spiro atoms. The first-order chi connectivity index (χ1) is 13.6. The van der Waals surface area contributed by atoms with Crippen LogP contribution in [0.15, 0.2) is 30.3 Å². The molecule has 0 fully saturated rings. The Morgan fingerprint density at radius 3 is 2.68 bits per heavy atom. The largest absolute Gasteiger partial charge is 0.507 e. The van der Waals surface area contributed by atoms with Gasteiger partial charge in [-0.1, -0.05) is 19.4 Å². The second-order valence-electron chi connectivity index (χ2n) is 6.86. The van der Waals surface area contributed by atoms with Gasteiger partial charge in [-0.05, 0) is 42.7 Å². The number of H-pyrrole nitrogens is 1. The Morgan fingerprint density at radius 1 is 1.14 bits per heavy atom. The van der Waals surface area contributed by atoms with Crippen molar-refractivity contribution in [2.45, 2.75) is 26.7 Å². The van der Waals surface area contributed by atoms with Crippen molar-refractivity contribution in [2.24, 2.45) is 0 Å². The molecule has 1 aromatic heterocycles. The molecule has 0 bridgehead atoms. The van der Waals surface area contributed by atoms with Gasteiger partial charge >= 0.3 is 0 Å². The zero-order valence-corrected chi connectivity index (χ0v) is 16.3. The summed E-state index contributed by atoms with van der Waals surface area (Å²) < 4.78 is 16.8. The Morgan fingerprint density at radius 2 is 1.93 bits per heavy atom. The van der Waals surface area contributed by atoms with Crippen LogP contribution in [0.5, 0.6) is 23.0 Å². The third-order valence-corrected chi connectivity index (χ3v) is 4.95. The highest BCUT2D eigenvalue weighted by atomic mass is 16.6. The molecule has 3 aromatic rings. The number of nitrogens with one attached hydrogen (secondary N) is 1. The van der Waals surface area contributed by atoms with Crippen molar-refractivity contribution in [3.8, 4) is 45.4 Å². The minimum Gasteiger partial charge on any atom is -0.507 e. The maximum Gasteiger partial charge on any atom is 0.161 e. The van der Waals surface area contributed by atoms with E-state index in [0.29, 0.717) is 30.2 Å². The van der Waals surface area contributed by atoms with E-state index in [1.54, 1.807) is 13.2 Å². The molecule has 4 rings (SSSR count). The molecule has 0 atom stereocenters. The molecule has 28 heavy (non-hydrogen) atoms. The molecule has 1 aliphatic rings. The van der Waals surface area contributed by atoms with Crippen molar-refractivity contribution >= 4 is 0 Å². The van der Waals surface area contributed by atoms with Gasteiger partial charge < -0.3 is 19.3 Å². The molecule has 0 saturated carbocycles. The number of rotatable bonds is 5. The number of phenolic OH excluding ortho intramolecular Hbond substituents is 1. The van der Waals surface area contributed by atoms with Gasteiger partial charge in [-0.2, -0.15) is 5.10 Å². The number of phenols is 1. The van der Waals surface area contributed by atoms with Crippen LogP contribution in [0.4, 0.5) is 0 Å². The van der Waals surface area contributed by atoms with Gasteiger partial charge in [0.2, 0.25) is 0 Å². The van der Waals surface area contributed by atoms with Crippen molar-refractivity contribution < 1.29 is 19.3 Å². The van der Waals surface area contributed by atoms with E-state index in [1.165, 1.54) is 0 Å². The number of benzene rings is 2. The molecule has 2 aromatic carbocycles. The Balaban J connectivity index is 1.84. The number of methoxy groups -OCH3 is 1. The lowest BCUT2D eigenvalue weighted by Gasteiger charge is -2.19. The minimum absolute atomic E-state index is 0.141. The Labute approximate surface area is 164 Å². The lowest BCUT2D eigenvalue weighted by Crippen LogP contribution is -2.15. The molecule has 6 nitrogen and oxygen atoms in total. The van der Waals surface area contributed by atoms with E-state index in [4.69, 9.17) is 14.2 Å². The number of fused-ring (bicyclic) bond motifs is 1. The standard InChI is InChI=1S/C22H24N2O4/c1-4-5-14-10-16(17(25)12-19(14)26-3)22-21(13(2)23-24-22)15-6-7-18-20(11-15)28-9-8-27-18/h6-7,10-12,25H,4-5,8-9H2,1-3H3,(H,23,24). The summed E-state index contributed by atoms with van der Waals surface area (Å²) in [5, 5.41) is 18.2. The highest BCUT2D eigenvalue weighted by molar-refractivity contribution is 5.86. The summed E-state index contributed by atoms with van der Waals surface area (Å²) in [5.41, 5.74) is 5.23. The fraction of sp³-hybridized carbons (Fsp3) is 0.318. The number of aromatic amines is 1. The average molecular weight is 380 g/mol. The molecule has 0 unspecified atom stereocenters. The van der Waals surface area contributed by atoms with Crippen LogP contribution in [-0.2, 0) is 6.42 Å². The van der Waals surface area contributed by atoms with Crippen molar-refractivity contribution in [3.63, 3.8) is 0 Å². The van der Waals surface area contributed by atoms with Crippen molar-refractivity contribution in [1.82, 2.24) is 10.2 Å². The number of hydrogen-bond donors (Lipinski definition) is 2. The number of aromatic hydroxyl groups is 1. The highest BCUT2D eigenvalue weighted by Gasteiger charge is 2.21. The molecule has 0 aliphatic carbocycles. The number of nitrogens with zero attached hydrogens (tertiary/aromatic N) is 1. The van der Waals surface area contributed by atoms with Crippen LogP contribution in [-0.4, -0.2) is 35.6 Å². The second-order valence-corrected chi connectivity index (χ2v) is 6.86. The van der Waals surface area contributed by atoms with Crippen molar-refractivity contribution in [1.29, 1.82) is 0 Å². The molecule has 146 valence electrons. The van der Waals surface area contributed by atoms with Gasteiger partial charge in [0.15, 0.2) is 11.5 Å². The van der Waals surface area contributed by atoms with Crippen LogP contribution in [0.3, 0.4) is 0 Å². The van der Waals surface area contributed by atoms with Gasteiger partial charge in [0.25, 0.3) is 0 Å². The summed E-state index contributed by atoms with van der Waals surface area (Å²) in [4.78, 5) is 0. The molecule has 2 N–H and O–H groups in total. The van der Waals surface area contributed by atoms with Gasteiger partial charge in [-0.15, -0.1) is 0 Å². The fourth-order valence-corrected chi connectivity index (χ4v) is 3.63. The van der Waals surface area contributed by atoms with Gasteiger partial charge in [0, 0.05) is 22.9 Å². The summed E-state index contributed by atoms with van der Waals surface area (Å²) in [5.74, 6) is 2.30. The maximum atomic E-state index is 10.7. The molecule has 2 heterocycles. The molecule has 0 saturated heterocycles. The summed E-state index contributed by atoms with van der Waals surface area (Å²) in [6, 6.07) is 9.49. The molecule has 0 amide bonds. The normalized spacial score (nSPS) is 12.8. The SMILES string of the molecule is CCCc1cc(-c2n[nH]c(C)c2-c2ccc3c(c2)OCCO3)c(O)cc1OC. The van der Waals surface area contributed by atoms with E-state index in [-0.39, 0.29) is 5.75 Å². The Kier molecular flexibility index (Phi) is 4.86. The van der Waals surface area contributed by atoms with E-state index in [0.717, 1.165) is 46.7 Å². The van der Waals surface area contributed by atoms with Crippen molar-refractivity contribution in [2.75, 3.05) is 20.3 Å². The summed E-state index contributed by atoms with van der Waals surface area (Å²) in [7, 11) is 1.62. The first-order valence-corrected chi connectivity index (χ1v) is 9.47. The first-order valence-electron chi connectivity index (χ1n) is 9.47. The predicted molar refractivity (Wildman–Crippen MR) is 107 cm³/mol. The van der Waals surface area contributed by atoms with Crippen LogP contribution >= 0.6 is 0 Å². The van der Waals surface area contributed by atoms with E-state index >= 15 is 0 Å². The number of aryl methyl sites for hydroxylation is 2. The zero-order valence-electron chi connectivity index (χ0n) is 16.3. The molecule has 0 radical (unpaired) electrons. The van der Waals surface area contributed by atoms with Crippen LogP contribution < -0.4 is 14.2 Å². The molecular formula is C22H24N2O4. The predicted octanol–water partition coefficient (Wildman–Crippen LogP) is 4.49.